The molecule has 1 aliphatic heterocycles. The molecule has 1 saturated heterocycles. The van der Waals surface area contributed by atoms with Crippen molar-refractivity contribution in [1.29, 1.82) is 0 Å². The first-order valence-corrected chi connectivity index (χ1v) is 6.66. The number of nitrogens with one attached hydrogen (secondary N) is 1. The molecule has 0 atom stereocenters. The molecule has 0 bridgehead atoms. The Morgan fingerprint density at radius 1 is 1.30 bits per heavy atom. The molecule has 2 heterocycles. The van der Waals surface area contributed by atoms with Crippen LogP contribution in [0.1, 0.15) is 38.2 Å². The normalized spacial score (nSPS) is 20.6. The number of hydrogen-bond acceptors (Lipinski definition) is 5. The maximum Gasteiger partial charge on any atom is 0.272 e. The summed E-state index contributed by atoms with van der Waals surface area (Å²) in [6.07, 6.45) is 0. The van der Waals surface area contributed by atoms with Crippen molar-refractivity contribution in [2.75, 3.05) is 18.5 Å². The van der Waals surface area contributed by atoms with E-state index in [9.17, 15) is 4.79 Å². The van der Waals surface area contributed by atoms with E-state index in [1.54, 1.807) is 23.1 Å². The Hall–Kier alpha value is -1.66. The maximum atomic E-state index is 12.6. The number of nitrogens with two attached hydrogens (primary N) is 1. The number of aromatic nitrogens is 1. The molecule has 1 fully saturated rings. The SMILES string of the molecule is CC1(C)CN(C(=O)c2cccc(NN)n2)CC(C)(C)O1. The number of rotatable bonds is 2. The van der Waals surface area contributed by atoms with Gasteiger partial charge in [-0.1, -0.05) is 6.07 Å². The van der Waals surface area contributed by atoms with Crippen LogP contribution in [-0.4, -0.2) is 40.1 Å². The van der Waals surface area contributed by atoms with Gasteiger partial charge in [0, 0.05) is 13.1 Å². The molecule has 0 saturated carbocycles. The van der Waals surface area contributed by atoms with Crippen LogP contribution in [0.3, 0.4) is 0 Å². The van der Waals surface area contributed by atoms with E-state index in [2.05, 4.69) is 10.4 Å². The van der Waals surface area contributed by atoms with E-state index >= 15 is 0 Å². The average Bonchev–Trinajstić information content (AvgIpc) is 2.34. The number of morpholine rings is 1. The molecule has 3 N–H and O–H groups in total. The van der Waals surface area contributed by atoms with E-state index < -0.39 is 0 Å². The second-order valence-electron chi connectivity index (χ2n) is 6.34. The van der Waals surface area contributed by atoms with Crippen molar-refractivity contribution in [2.45, 2.75) is 38.9 Å². The van der Waals surface area contributed by atoms with Gasteiger partial charge < -0.3 is 15.1 Å². The van der Waals surface area contributed by atoms with Gasteiger partial charge in [-0.25, -0.2) is 10.8 Å². The van der Waals surface area contributed by atoms with Gasteiger partial charge in [-0.3, -0.25) is 4.79 Å². The van der Waals surface area contributed by atoms with Crippen LogP contribution in [0.25, 0.3) is 0 Å². The van der Waals surface area contributed by atoms with Gasteiger partial charge in [0.15, 0.2) is 0 Å². The fourth-order valence-corrected chi connectivity index (χ4v) is 2.73. The molecule has 6 heteroatoms. The van der Waals surface area contributed by atoms with Gasteiger partial charge in [-0.15, -0.1) is 0 Å². The molecule has 2 rings (SSSR count). The number of amides is 1. The number of hydrazine groups is 1. The van der Waals surface area contributed by atoms with Crippen molar-refractivity contribution in [3.63, 3.8) is 0 Å². The van der Waals surface area contributed by atoms with E-state index in [1.807, 2.05) is 27.7 Å². The monoisotopic (exact) mass is 278 g/mol. The van der Waals surface area contributed by atoms with E-state index in [1.165, 1.54) is 0 Å². The summed E-state index contributed by atoms with van der Waals surface area (Å²) in [5.74, 6) is 5.70. The summed E-state index contributed by atoms with van der Waals surface area (Å²) in [5, 5.41) is 0. The summed E-state index contributed by atoms with van der Waals surface area (Å²) in [5.41, 5.74) is 2.09. The van der Waals surface area contributed by atoms with Gasteiger partial charge in [-0.05, 0) is 39.8 Å². The number of anilines is 1. The Labute approximate surface area is 119 Å². The Kier molecular flexibility index (Phi) is 3.71. The third-order valence-corrected chi connectivity index (χ3v) is 3.10. The first-order valence-electron chi connectivity index (χ1n) is 6.66. The summed E-state index contributed by atoms with van der Waals surface area (Å²) in [4.78, 5) is 18.6. The van der Waals surface area contributed by atoms with Crippen LogP contribution >= 0.6 is 0 Å². The predicted octanol–water partition coefficient (Wildman–Crippen LogP) is 1.40. The summed E-state index contributed by atoms with van der Waals surface area (Å²) < 4.78 is 5.98. The second kappa shape index (κ2) is 5.03. The van der Waals surface area contributed by atoms with Gasteiger partial charge in [-0.2, -0.15) is 0 Å². The number of pyridine rings is 1. The van der Waals surface area contributed by atoms with Crippen LogP contribution in [0, 0.1) is 0 Å². The highest BCUT2D eigenvalue weighted by Gasteiger charge is 2.40. The quantitative estimate of drug-likeness (QED) is 0.631. The molecular formula is C14H22N4O2. The van der Waals surface area contributed by atoms with Crippen molar-refractivity contribution < 1.29 is 9.53 Å². The summed E-state index contributed by atoms with van der Waals surface area (Å²) in [6.45, 7) is 9.02. The number of nitrogen functional groups attached to an aromatic ring is 1. The number of carbonyl (C=O) groups is 1. The van der Waals surface area contributed by atoms with Crippen LogP contribution in [0.5, 0.6) is 0 Å². The molecular weight excluding hydrogens is 256 g/mol. The largest absolute Gasteiger partial charge is 0.366 e. The Morgan fingerprint density at radius 3 is 2.45 bits per heavy atom. The molecule has 0 spiro atoms. The number of ether oxygens (including phenoxy) is 1. The molecule has 0 aromatic carbocycles. The highest BCUT2D eigenvalue weighted by Crippen LogP contribution is 2.28. The molecule has 0 unspecified atom stereocenters. The Balaban J connectivity index is 2.23. The summed E-state index contributed by atoms with van der Waals surface area (Å²) >= 11 is 0. The third-order valence-electron chi connectivity index (χ3n) is 3.10. The minimum Gasteiger partial charge on any atom is -0.366 e. The van der Waals surface area contributed by atoms with E-state index in [-0.39, 0.29) is 17.1 Å². The van der Waals surface area contributed by atoms with Crippen LogP contribution in [-0.2, 0) is 4.74 Å². The predicted molar refractivity (Wildman–Crippen MR) is 77.2 cm³/mol. The van der Waals surface area contributed by atoms with Gasteiger partial charge in [0.1, 0.15) is 11.5 Å². The summed E-state index contributed by atoms with van der Waals surface area (Å²) in [6, 6.07) is 5.16. The van der Waals surface area contributed by atoms with Crippen LogP contribution < -0.4 is 11.3 Å². The van der Waals surface area contributed by atoms with Gasteiger partial charge in [0.2, 0.25) is 0 Å². The molecule has 0 radical (unpaired) electrons. The molecule has 0 aliphatic carbocycles. The number of nitrogens with zero attached hydrogens (tertiary/aromatic N) is 2. The average molecular weight is 278 g/mol. The third kappa shape index (κ3) is 3.26. The first-order chi connectivity index (χ1) is 9.22. The van der Waals surface area contributed by atoms with E-state index in [0.717, 1.165) is 0 Å². The minimum absolute atomic E-state index is 0.105. The molecule has 1 aromatic heterocycles. The number of hydrogen-bond donors (Lipinski definition) is 2. The van der Waals surface area contributed by atoms with Crippen molar-refractivity contribution in [2.24, 2.45) is 5.84 Å². The maximum absolute atomic E-state index is 12.6. The Morgan fingerprint density at radius 2 is 1.90 bits per heavy atom. The smallest absolute Gasteiger partial charge is 0.272 e. The zero-order chi connectivity index (χ0) is 15.0. The second-order valence-corrected chi connectivity index (χ2v) is 6.34. The number of carbonyl (C=O) groups excluding carboxylic acids is 1. The van der Waals surface area contributed by atoms with E-state index in [0.29, 0.717) is 24.6 Å². The molecule has 1 aliphatic rings. The first kappa shape index (κ1) is 14.7. The van der Waals surface area contributed by atoms with Crippen LogP contribution in [0.4, 0.5) is 5.82 Å². The van der Waals surface area contributed by atoms with Crippen molar-refractivity contribution >= 4 is 11.7 Å². The fraction of sp³-hybridized carbons (Fsp3) is 0.571. The zero-order valence-corrected chi connectivity index (χ0v) is 12.4. The van der Waals surface area contributed by atoms with Crippen LogP contribution in [0.15, 0.2) is 18.2 Å². The molecule has 1 aromatic rings. The Bertz CT molecular complexity index is 498. The summed E-state index contributed by atoms with van der Waals surface area (Å²) in [7, 11) is 0. The lowest BCUT2D eigenvalue weighted by Crippen LogP contribution is -2.58. The van der Waals surface area contributed by atoms with Crippen LogP contribution in [0.2, 0.25) is 0 Å². The van der Waals surface area contributed by atoms with Crippen molar-refractivity contribution in [3.05, 3.63) is 23.9 Å². The fourth-order valence-electron chi connectivity index (χ4n) is 2.73. The topological polar surface area (TPSA) is 80.5 Å². The van der Waals surface area contributed by atoms with Crippen molar-refractivity contribution in [3.8, 4) is 0 Å². The molecule has 20 heavy (non-hydrogen) atoms. The lowest BCUT2D eigenvalue weighted by Gasteiger charge is -2.47. The highest BCUT2D eigenvalue weighted by atomic mass is 16.5. The lowest BCUT2D eigenvalue weighted by molar-refractivity contribution is -0.171. The molecule has 110 valence electrons. The minimum atomic E-state index is -0.374. The lowest BCUT2D eigenvalue weighted by atomic mass is 9.98. The van der Waals surface area contributed by atoms with Gasteiger partial charge in [0.05, 0.1) is 11.2 Å². The van der Waals surface area contributed by atoms with Crippen molar-refractivity contribution in [1.82, 2.24) is 9.88 Å². The standard InChI is InChI=1S/C14H22N4O2/c1-13(2)8-18(9-14(3,4)20-13)12(19)10-6-5-7-11(16-10)17-15/h5-7H,8-9,15H2,1-4H3,(H,16,17). The molecule has 6 nitrogen and oxygen atoms in total. The van der Waals surface area contributed by atoms with E-state index in [4.69, 9.17) is 10.6 Å². The highest BCUT2D eigenvalue weighted by molar-refractivity contribution is 5.92. The molecule has 1 amide bonds. The van der Waals surface area contributed by atoms with Gasteiger partial charge >= 0.3 is 0 Å². The zero-order valence-electron chi connectivity index (χ0n) is 12.4. The van der Waals surface area contributed by atoms with Gasteiger partial charge in [0.25, 0.3) is 5.91 Å².